The number of aromatic amines is 1. The van der Waals surface area contributed by atoms with Crippen molar-refractivity contribution in [3.8, 4) is 22.9 Å². The van der Waals surface area contributed by atoms with Crippen molar-refractivity contribution in [2.24, 2.45) is 0 Å². The fourth-order valence-electron chi connectivity index (χ4n) is 4.48. The zero-order valence-electron chi connectivity index (χ0n) is 19.9. The minimum atomic E-state index is -3.73. The number of hydrogen-bond acceptors (Lipinski definition) is 9. The normalized spacial score (nSPS) is 16.5. The fourth-order valence-corrected chi connectivity index (χ4v) is 4.48. The summed E-state index contributed by atoms with van der Waals surface area (Å²) in [5, 5.41) is 9.24. The van der Waals surface area contributed by atoms with Crippen molar-refractivity contribution in [3.63, 3.8) is 0 Å². The lowest BCUT2D eigenvalue weighted by molar-refractivity contribution is -0.286. The van der Waals surface area contributed by atoms with Gasteiger partial charge in [-0.3, -0.25) is 19.1 Å². The Balaban J connectivity index is 1.09. The molecule has 2 aromatic heterocycles. The highest BCUT2D eigenvalue weighted by atomic mass is 19.3. The Morgan fingerprint density at radius 2 is 1.82 bits per heavy atom. The van der Waals surface area contributed by atoms with Gasteiger partial charge in [0.1, 0.15) is 17.7 Å². The van der Waals surface area contributed by atoms with E-state index in [1.54, 1.807) is 6.07 Å². The minimum absolute atomic E-state index is 0.00431. The number of carbonyl (C=O) groups is 2. The van der Waals surface area contributed by atoms with Crippen molar-refractivity contribution < 1.29 is 32.4 Å². The van der Waals surface area contributed by atoms with Gasteiger partial charge in [0, 0.05) is 18.2 Å². The number of benzene rings is 2. The van der Waals surface area contributed by atoms with E-state index >= 15 is 0 Å². The molecule has 3 N–H and O–H groups in total. The summed E-state index contributed by atoms with van der Waals surface area (Å²) >= 11 is 0. The molecule has 1 atom stereocenters. The summed E-state index contributed by atoms with van der Waals surface area (Å²) in [5.74, 6) is -1.62. The monoisotopic (exact) mass is 536 g/mol. The lowest BCUT2D eigenvalue weighted by atomic mass is 10.0. The number of H-pyrrole nitrogens is 1. The van der Waals surface area contributed by atoms with Crippen LogP contribution in [0.2, 0.25) is 0 Å². The van der Waals surface area contributed by atoms with Crippen molar-refractivity contribution in [1.29, 1.82) is 0 Å². The maximum absolute atomic E-state index is 13.2. The van der Waals surface area contributed by atoms with E-state index in [1.807, 2.05) is 12.1 Å². The van der Waals surface area contributed by atoms with E-state index in [0.717, 1.165) is 17.5 Å². The molecule has 3 heterocycles. The van der Waals surface area contributed by atoms with E-state index in [1.165, 1.54) is 24.3 Å². The first kappa shape index (κ1) is 24.2. The first-order valence-electron chi connectivity index (χ1n) is 11.7. The number of halogens is 2. The minimum Gasteiger partial charge on any atom is -0.395 e. The molecule has 14 heteroatoms. The smallest absolute Gasteiger partial charge is 0.395 e. The molecule has 0 saturated carbocycles. The zero-order chi connectivity index (χ0) is 27.1. The second-order valence-corrected chi connectivity index (χ2v) is 8.84. The predicted molar refractivity (Wildman–Crippen MR) is 127 cm³/mol. The van der Waals surface area contributed by atoms with Crippen molar-refractivity contribution >= 4 is 11.8 Å². The number of nitrogens with one attached hydrogen (secondary N) is 3. The fraction of sp³-hybridized carbons (Fsp3) is 0.200. The number of hydrogen-bond donors (Lipinski definition) is 3. The topological polar surface area (TPSA) is 161 Å². The highest BCUT2D eigenvalue weighted by molar-refractivity contribution is 5.97. The molecule has 12 nitrogen and oxygen atoms in total. The van der Waals surface area contributed by atoms with Crippen molar-refractivity contribution in [3.05, 3.63) is 87.4 Å². The van der Waals surface area contributed by atoms with Crippen LogP contribution in [0.3, 0.4) is 0 Å². The van der Waals surface area contributed by atoms with Crippen LogP contribution >= 0.6 is 0 Å². The molecular weight excluding hydrogens is 518 g/mol. The Bertz CT molecular complexity index is 1670. The molecule has 0 unspecified atom stereocenters. The summed E-state index contributed by atoms with van der Waals surface area (Å²) in [6, 6.07) is 10.7. The largest absolute Gasteiger partial charge is 0.586 e. The highest BCUT2D eigenvalue weighted by Crippen LogP contribution is 2.41. The van der Waals surface area contributed by atoms with Gasteiger partial charge in [0.05, 0.1) is 6.04 Å². The van der Waals surface area contributed by atoms with Crippen LogP contribution in [0.1, 0.15) is 50.1 Å². The van der Waals surface area contributed by atoms with Crippen LogP contribution in [0.25, 0.3) is 11.4 Å². The van der Waals surface area contributed by atoms with Gasteiger partial charge in [0.15, 0.2) is 17.3 Å². The summed E-state index contributed by atoms with van der Waals surface area (Å²) in [6.07, 6.45) is -1.27. The Labute approximate surface area is 217 Å². The van der Waals surface area contributed by atoms with Crippen LogP contribution < -0.4 is 25.9 Å². The summed E-state index contributed by atoms with van der Waals surface area (Å²) in [5.41, 5.74) is 3.07. The number of alkyl halides is 2. The third kappa shape index (κ3) is 4.91. The molecule has 4 aromatic rings. The second kappa shape index (κ2) is 9.31. The third-order valence-electron chi connectivity index (χ3n) is 6.29. The average Bonchev–Trinajstić information content (AvgIpc) is 3.62. The van der Waals surface area contributed by atoms with Gasteiger partial charge >= 0.3 is 12.1 Å². The van der Waals surface area contributed by atoms with E-state index in [0.29, 0.717) is 29.8 Å². The predicted octanol–water partition coefficient (Wildman–Crippen LogP) is 2.49. The van der Waals surface area contributed by atoms with Crippen LogP contribution in [0, 0.1) is 0 Å². The number of nitrogens with zero attached hydrogens (tertiary/aromatic N) is 3. The van der Waals surface area contributed by atoms with Crippen LogP contribution in [-0.4, -0.2) is 38.2 Å². The van der Waals surface area contributed by atoms with Crippen LogP contribution in [0.15, 0.2) is 58.1 Å². The summed E-state index contributed by atoms with van der Waals surface area (Å²) in [7, 11) is 0. The van der Waals surface area contributed by atoms with E-state index in [9.17, 15) is 23.2 Å². The molecule has 2 aliphatic rings. The number of rotatable bonds is 6. The Morgan fingerprint density at radius 1 is 1.03 bits per heavy atom. The number of ether oxygens (including phenoxy) is 2. The van der Waals surface area contributed by atoms with Gasteiger partial charge in [-0.1, -0.05) is 23.4 Å². The van der Waals surface area contributed by atoms with Crippen LogP contribution in [0.5, 0.6) is 11.5 Å². The Hall–Kier alpha value is -5.14. The maximum atomic E-state index is 13.2. The van der Waals surface area contributed by atoms with Crippen molar-refractivity contribution in [1.82, 2.24) is 30.7 Å². The van der Waals surface area contributed by atoms with Gasteiger partial charge in [0.2, 0.25) is 0 Å². The molecule has 2 amide bonds. The number of carbonyl (C=O) groups excluding carboxylic acids is 2. The van der Waals surface area contributed by atoms with Crippen molar-refractivity contribution in [2.75, 3.05) is 0 Å². The van der Waals surface area contributed by atoms with Crippen molar-refractivity contribution in [2.45, 2.75) is 31.7 Å². The summed E-state index contributed by atoms with van der Waals surface area (Å²) < 4.78 is 39.8. The summed E-state index contributed by atoms with van der Waals surface area (Å²) in [4.78, 5) is 47.2. The van der Waals surface area contributed by atoms with Gasteiger partial charge in [-0.25, -0.2) is 14.8 Å². The van der Waals surface area contributed by atoms with E-state index < -0.39 is 23.9 Å². The maximum Gasteiger partial charge on any atom is 0.586 e. The second-order valence-electron chi connectivity index (χ2n) is 8.84. The molecule has 0 spiro atoms. The number of amides is 2. The van der Waals surface area contributed by atoms with Gasteiger partial charge in [-0.2, -0.15) is 0 Å². The molecule has 1 aliphatic carbocycles. The van der Waals surface area contributed by atoms with E-state index in [2.05, 4.69) is 44.7 Å². The molecule has 0 fully saturated rings. The zero-order valence-corrected chi connectivity index (χ0v) is 19.9. The molecule has 2 aromatic carbocycles. The van der Waals surface area contributed by atoms with Crippen LogP contribution in [-0.2, 0) is 13.0 Å². The lowest BCUT2D eigenvalue weighted by Gasteiger charge is -2.14. The van der Waals surface area contributed by atoms with E-state index in [4.69, 9.17) is 0 Å². The van der Waals surface area contributed by atoms with Crippen LogP contribution in [0.4, 0.5) is 8.78 Å². The molecule has 6 rings (SSSR count). The lowest BCUT2D eigenvalue weighted by Crippen LogP contribution is -2.29. The quantitative estimate of drug-likeness (QED) is 0.336. The molecule has 0 saturated heterocycles. The SMILES string of the molecule is O=C(NCc1ccc2c(c1)OC(F)(F)O2)c1cc(C(=O)N[C@H]2CCc3cc(-c4noc(=O)[nH]4)ccc32)ncn1. The first-order valence-corrected chi connectivity index (χ1v) is 11.7. The highest BCUT2D eigenvalue weighted by Gasteiger charge is 2.43. The number of aryl methyl sites for hydroxylation is 1. The molecule has 39 heavy (non-hydrogen) atoms. The molecular formula is C25H18F2N6O6. The number of fused-ring (bicyclic) bond motifs is 2. The standard InChI is InChI=1S/C25H18F2N6O6/c26-25(27)37-19-6-1-12(7-20(19)38-25)10-28-22(34)17-9-18(30-11-29-17)23(35)31-16-5-3-13-8-14(2-4-15(13)16)21-32-24(36)39-33-21/h1-2,4,6-9,11,16H,3,5,10H2,(H,28,34)(H,31,35)(H,32,33,36)/t16-/m0/s1. The average molecular weight is 536 g/mol. The van der Waals surface area contributed by atoms with Gasteiger partial charge in [-0.05, 0) is 47.7 Å². The van der Waals surface area contributed by atoms with Gasteiger partial charge in [0.25, 0.3) is 11.8 Å². The molecule has 198 valence electrons. The van der Waals surface area contributed by atoms with Gasteiger partial charge < -0.3 is 20.1 Å². The first-order chi connectivity index (χ1) is 18.7. The third-order valence-corrected chi connectivity index (χ3v) is 6.29. The molecule has 0 bridgehead atoms. The molecule has 1 aliphatic heterocycles. The van der Waals surface area contributed by atoms with Gasteiger partial charge in [-0.15, -0.1) is 8.78 Å². The Kier molecular flexibility index (Phi) is 5.78. The number of aromatic nitrogens is 4. The summed E-state index contributed by atoms with van der Waals surface area (Å²) in [6.45, 7) is -0.00431. The van der Waals surface area contributed by atoms with E-state index in [-0.39, 0.29) is 35.5 Å². The molecule has 0 radical (unpaired) electrons. The Morgan fingerprint density at radius 3 is 2.62 bits per heavy atom.